The molecule has 0 N–H and O–H groups in total. The molecule has 0 amide bonds. The maximum atomic E-state index is 12.4. The van der Waals surface area contributed by atoms with Crippen LogP contribution in [0.3, 0.4) is 0 Å². The van der Waals surface area contributed by atoms with Gasteiger partial charge >= 0.3 is 5.97 Å². The molecule has 0 saturated carbocycles. The minimum atomic E-state index is -0.673. The Kier molecular flexibility index (Phi) is 6.62. The Morgan fingerprint density at radius 1 is 1.24 bits per heavy atom. The van der Waals surface area contributed by atoms with Crippen LogP contribution < -0.4 is 4.74 Å². The summed E-state index contributed by atoms with van der Waals surface area (Å²) in [7, 11) is 2.80. The van der Waals surface area contributed by atoms with E-state index < -0.39 is 11.8 Å². The molecule has 21 heavy (non-hydrogen) atoms. The number of Topliss-reactive ketones (excluding diaryl/α,β-unsaturated/α-hetero) is 1. The van der Waals surface area contributed by atoms with Crippen LogP contribution in [0.2, 0.25) is 0 Å². The number of carbonyl (C=O) groups is 2. The van der Waals surface area contributed by atoms with E-state index >= 15 is 0 Å². The van der Waals surface area contributed by atoms with Crippen LogP contribution in [0, 0.1) is 6.92 Å². The van der Waals surface area contributed by atoms with E-state index in [1.165, 1.54) is 13.2 Å². The van der Waals surface area contributed by atoms with E-state index in [1.807, 2.05) is 13.8 Å². The Balaban J connectivity index is 3.07. The van der Waals surface area contributed by atoms with Crippen molar-refractivity contribution in [3.05, 3.63) is 41.0 Å². The molecule has 0 aliphatic rings. The first-order valence-corrected chi connectivity index (χ1v) is 6.60. The number of rotatable bonds is 7. The lowest BCUT2D eigenvalue weighted by molar-refractivity contribution is -0.135. The summed E-state index contributed by atoms with van der Waals surface area (Å²) in [5.41, 5.74) is 1.19. The number of hydrogen-bond donors (Lipinski definition) is 0. The number of benzene rings is 1. The van der Waals surface area contributed by atoms with Crippen LogP contribution in [0.25, 0.3) is 0 Å². The fraction of sp³-hybridized carbons (Fsp3) is 0.375. The van der Waals surface area contributed by atoms with Crippen molar-refractivity contribution in [3.63, 3.8) is 0 Å². The van der Waals surface area contributed by atoms with Gasteiger partial charge in [-0.05, 0) is 43.7 Å². The van der Waals surface area contributed by atoms with Crippen molar-refractivity contribution in [2.45, 2.75) is 13.8 Å². The predicted molar refractivity (Wildman–Crippen MR) is 78.7 cm³/mol. The molecule has 0 atom stereocenters. The maximum Gasteiger partial charge on any atom is 0.341 e. The number of hydrogen-bond acceptors (Lipinski definition) is 5. The van der Waals surface area contributed by atoms with Crippen LogP contribution in [0.4, 0.5) is 0 Å². The van der Waals surface area contributed by atoms with Gasteiger partial charge in [0.2, 0.25) is 0 Å². The number of ketones is 1. The van der Waals surface area contributed by atoms with Crippen molar-refractivity contribution in [2.75, 3.05) is 27.4 Å². The molecule has 0 aromatic heterocycles. The Hall–Kier alpha value is -2.14. The Bertz CT molecular complexity index is 546. The summed E-state index contributed by atoms with van der Waals surface area (Å²) in [6, 6.07) is 4.99. The Labute approximate surface area is 124 Å². The third-order valence-electron chi connectivity index (χ3n) is 2.92. The monoisotopic (exact) mass is 292 g/mol. The third-order valence-corrected chi connectivity index (χ3v) is 2.92. The van der Waals surface area contributed by atoms with E-state index in [2.05, 4.69) is 4.74 Å². The SMILES string of the molecule is CCOC/C=C(\C(=O)OC)C(=O)c1ccc(OC)c(C)c1. The molecule has 0 aliphatic heterocycles. The van der Waals surface area contributed by atoms with Crippen molar-refractivity contribution >= 4 is 11.8 Å². The fourth-order valence-corrected chi connectivity index (χ4v) is 1.81. The second kappa shape index (κ2) is 8.21. The summed E-state index contributed by atoms with van der Waals surface area (Å²) in [6.45, 7) is 4.35. The smallest absolute Gasteiger partial charge is 0.341 e. The van der Waals surface area contributed by atoms with E-state index in [1.54, 1.807) is 25.3 Å². The standard InChI is InChI=1S/C16H20O5/c1-5-21-9-8-13(16(18)20-4)15(17)12-6-7-14(19-3)11(2)10-12/h6-8,10H,5,9H2,1-4H3/b13-8-. The fourth-order valence-electron chi connectivity index (χ4n) is 1.81. The molecule has 0 radical (unpaired) electrons. The van der Waals surface area contributed by atoms with Gasteiger partial charge in [-0.2, -0.15) is 0 Å². The molecule has 0 heterocycles. The van der Waals surface area contributed by atoms with Gasteiger partial charge in [0.15, 0.2) is 5.78 Å². The lowest BCUT2D eigenvalue weighted by Crippen LogP contribution is -2.16. The number of methoxy groups -OCH3 is 2. The molecular weight excluding hydrogens is 272 g/mol. The highest BCUT2D eigenvalue weighted by Gasteiger charge is 2.20. The van der Waals surface area contributed by atoms with Gasteiger partial charge in [0.05, 0.1) is 20.8 Å². The van der Waals surface area contributed by atoms with Gasteiger partial charge in [-0.15, -0.1) is 0 Å². The maximum absolute atomic E-state index is 12.4. The van der Waals surface area contributed by atoms with Crippen molar-refractivity contribution in [2.24, 2.45) is 0 Å². The van der Waals surface area contributed by atoms with Crippen LogP contribution >= 0.6 is 0 Å². The van der Waals surface area contributed by atoms with Crippen LogP contribution in [0.15, 0.2) is 29.8 Å². The van der Waals surface area contributed by atoms with Crippen LogP contribution in [-0.4, -0.2) is 39.2 Å². The molecule has 114 valence electrons. The van der Waals surface area contributed by atoms with Gasteiger partial charge in [-0.3, -0.25) is 4.79 Å². The molecule has 1 aromatic carbocycles. The molecule has 0 fully saturated rings. The van der Waals surface area contributed by atoms with Gasteiger partial charge < -0.3 is 14.2 Å². The topological polar surface area (TPSA) is 61.8 Å². The summed E-state index contributed by atoms with van der Waals surface area (Å²) in [4.78, 5) is 24.2. The Morgan fingerprint density at radius 2 is 1.95 bits per heavy atom. The molecule has 1 rings (SSSR count). The van der Waals surface area contributed by atoms with E-state index in [9.17, 15) is 9.59 Å². The van der Waals surface area contributed by atoms with Crippen LogP contribution in [-0.2, 0) is 14.3 Å². The highest BCUT2D eigenvalue weighted by atomic mass is 16.5. The molecule has 0 aliphatic carbocycles. The van der Waals surface area contributed by atoms with Gasteiger partial charge in [0.1, 0.15) is 11.3 Å². The average molecular weight is 292 g/mol. The number of aryl methyl sites for hydroxylation is 1. The largest absolute Gasteiger partial charge is 0.496 e. The summed E-state index contributed by atoms with van der Waals surface area (Å²) in [6.07, 6.45) is 1.44. The first-order chi connectivity index (χ1) is 10.0. The van der Waals surface area contributed by atoms with E-state index in [-0.39, 0.29) is 12.2 Å². The van der Waals surface area contributed by atoms with Gasteiger partial charge in [-0.1, -0.05) is 0 Å². The van der Waals surface area contributed by atoms with Crippen molar-refractivity contribution in [3.8, 4) is 5.75 Å². The van der Waals surface area contributed by atoms with Crippen molar-refractivity contribution in [1.82, 2.24) is 0 Å². The molecule has 5 heteroatoms. The van der Waals surface area contributed by atoms with Gasteiger partial charge in [-0.25, -0.2) is 4.79 Å². The van der Waals surface area contributed by atoms with E-state index in [4.69, 9.17) is 9.47 Å². The van der Waals surface area contributed by atoms with Crippen LogP contribution in [0.5, 0.6) is 5.75 Å². The second-order valence-corrected chi connectivity index (χ2v) is 4.28. The molecule has 1 aromatic rings. The summed E-state index contributed by atoms with van der Waals surface area (Å²) < 4.78 is 15.0. The highest BCUT2D eigenvalue weighted by Crippen LogP contribution is 2.20. The predicted octanol–water partition coefficient (Wildman–Crippen LogP) is 2.32. The normalized spacial score (nSPS) is 11.1. The third kappa shape index (κ3) is 4.43. The number of ether oxygens (including phenoxy) is 3. The lowest BCUT2D eigenvalue weighted by Gasteiger charge is -2.08. The van der Waals surface area contributed by atoms with Crippen molar-refractivity contribution < 1.29 is 23.8 Å². The zero-order valence-corrected chi connectivity index (χ0v) is 12.8. The van der Waals surface area contributed by atoms with Crippen molar-refractivity contribution in [1.29, 1.82) is 0 Å². The summed E-state index contributed by atoms with van der Waals surface area (Å²) >= 11 is 0. The number of carbonyl (C=O) groups excluding carboxylic acids is 2. The molecule has 0 spiro atoms. The summed E-state index contributed by atoms with van der Waals surface area (Å²) in [5, 5.41) is 0. The lowest BCUT2D eigenvalue weighted by atomic mass is 10.0. The molecule has 0 unspecified atom stereocenters. The first kappa shape index (κ1) is 16.9. The van der Waals surface area contributed by atoms with E-state index in [0.29, 0.717) is 17.9 Å². The van der Waals surface area contributed by atoms with Gasteiger partial charge in [0.25, 0.3) is 0 Å². The molecule has 0 saturated heterocycles. The zero-order chi connectivity index (χ0) is 15.8. The van der Waals surface area contributed by atoms with Crippen LogP contribution in [0.1, 0.15) is 22.8 Å². The first-order valence-electron chi connectivity index (χ1n) is 6.60. The number of esters is 1. The second-order valence-electron chi connectivity index (χ2n) is 4.28. The molecule has 5 nitrogen and oxygen atoms in total. The average Bonchev–Trinajstić information content (AvgIpc) is 2.50. The molecular formula is C16H20O5. The van der Waals surface area contributed by atoms with Gasteiger partial charge in [0, 0.05) is 12.2 Å². The minimum absolute atomic E-state index is 0.0319. The zero-order valence-electron chi connectivity index (χ0n) is 12.8. The minimum Gasteiger partial charge on any atom is -0.496 e. The summed E-state index contributed by atoms with van der Waals surface area (Å²) in [5.74, 6) is -0.384. The quantitative estimate of drug-likeness (QED) is 0.193. The Morgan fingerprint density at radius 3 is 2.48 bits per heavy atom. The molecule has 0 bridgehead atoms. The highest BCUT2D eigenvalue weighted by molar-refractivity contribution is 6.24. The van der Waals surface area contributed by atoms with E-state index in [0.717, 1.165) is 5.56 Å².